The molecule has 0 radical (unpaired) electrons. The van der Waals surface area contributed by atoms with Crippen molar-refractivity contribution in [1.29, 1.82) is 0 Å². The zero-order chi connectivity index (χ0) is 18.7. The van der Waals surface area contributed by atoms with Crippen LogP contribution in [0.1, 0.15) is 23.2 Å². The second-order valence-corrected chi connectivity index (χ2v) is 8.07. The number of carbonyl (C=O) groups is 1. The van der Waals surface area contributed by atoms with Gasteiger partial charge in [0.25, 0.3) is 10.0 Å². The van der Waals surface area contributed by atoms with Gasteiger partial charge in [0.05, 0.1) is 22.6 Å². The molecule has 138 valence electrons. The zero-order valence-electron chi connectivity index (χ0n) is 14.2. The van der Waals surface area contributed by atoms with E-state index in [1.807, 2.05) is 12.1 Å². The highest BCUT2D eigenvalue weighted by atomic mass is 35.5. The van der Waals surface area contributed by atoms with E-state index in [4.69, 9.17) is 11.6 Å². The van der Waals surface area contributed by atoms with Crippen molar-refractivity contribution in [2.75, 3.05) is 29.8 Å². The van der Waals surface area contributed by atoms with Crippen LogP contribution in [-0.2, 0) is 14.8 Å². The minimum atomic E-state index is -3.86. The van der Waals surface area contributed by atoms with Crippen LogP contribution in [0.3, 0.4) is 0 Å². The largest absolute Gasteiger partial charge is 0.465 e. The van der Waals surface area contributed by atoms with E-state index in [2.05, 4.69) is 14.4 Å². The molecule has 1 aliphatic heterocycles. The van der Waals surface area contributed by atoms with Gasteiger partial charge in [-0.25, -0.2) is 13.2 Å². The maximum absolute atomic E-state index is 12.6. The van der Waals surface area contributed by atoms with Gasteiger partial charge in [0.1, 0.15) is 0 Å². The van der Waals surface area contributed by atoms with E-state index in [-0.39, 0.29) is 15.5 Å². The number of hydrogen-bond donors (Lipinski definition) is 1. The SMILES string of the molecule is COC(=O)c1cc(S(=O)(=O)Nc2ccc(N3CCCC3)cc2)ccc1Cl. The first-order valence-corrected chi connectivity index (χ1v) is 10.0. The molecule has 1 heterocycles. The molecule has 8 heteroatoms. The molecule has 0 aromatic heterocycles. The predicted molar refractivity (Wildman–Crippen MR) is 101 cm³/mol. The van der Waals surface area contributed by atoms with Gasteiger partial charge in [0.2, 0.25) is 0 Å². The summed E-state index contributed by atoms with van der Waals surface area (Å²) in [6.07, 6.45) is 2.35. The summed E-state index contributed by atoms with van der Waals surface area (Å²) in [6, 6.07) is 11.1. The molecule has 1 N–H and O–H groups in total. The maximum atomic E-state index is 12.6. The smallest absolute Gasteiger partial charge is 0.339 e. The average molecular weight is 395 g/mol. The standard InChI is InChI=1S/C18H19ClN2O4S/c1-25-18(22)16-12-15(8-9-17(16)19)26(23,24)20-13-4-6-14(7-5-13)21-10-2-3-11-21/h4-9,12,20H,2-3,10-11H2,1H3. The van der Waals surface area contributed by atoms with E-state index in [1.165, 1.54) is 38.2 Å². The average Bonchev–Trinajstić information content (AvgIpc) is 3.16. The first-order chi connectivity index (χ1) is 12.4. The number of anilines is 2. The Morgan fingerprint density at radius 2 is 1.77 bits per heavy atom. The Bertz CT molecular complexity index is 907. The molecule has 1 aliphatic rings. The van der Waals surface area contributed by atoms with Gasteiger partial charge >= 0.3 is 5.97 Å². The fraction of sp³-hybridized carbons (Fsp3) is 0.278. The van der Waals surface area contributed by atoms with Crippen LogP contribution < -0.4 is 9.62 Å². The molecule has 0 aliphatic carbocycles. The lowest BCUT2D eigenvalue weighted by Gasteiger charge is -2.18. The lowest BCUT2D eigenvalue weighted by atomic mass is 10.2. The molecule has 0 spiro atoms. The van der Waals surface area contributed by atoms with Crippen LogP contribution >= 0.6 is 11.6 Å². The van der Waals surface area contributed by atoms with Crippen LogP contribution in [0.15, 0.2) is 47.4 Å². The maximum Gasteiger partial charge on any atom is 0.339 e. The Hall–Kier alpha value is -2.25. The molecule has 26 heavy (non-hydrogen) atoms. The van der Waals surface area contributed by atoms with Crippen LogP contribution in [0.4, 0.5) is 11.4 Å². The van der Waals surface area contributed by atoms with E-state index in [1.54, 1.807) is 12.1 Å². The summed E-state index contributed by atoms with van der Waals surface area (Å²) < 4.78 is 32.3. The topological polar surface area (TPSA) is 75.7 Å². The van der Waals surface area contributed by atoms with Crippen molar-refractivity contribution in [1.82, 2.24) is 0 Å². The van der Waals surface area contributed by atoms with E-state index >= 15 is 0 Å². The summed E-state index contributed by atoms with van der Waals surface area (Å²) in [5.74, 6) is -0.693. The number of carbonyl (C=O) groups excluding carboxylic acids is 1. The number of rotatable bonds is 5. The van der Waals surface area contributed by atoms with E-state index in [0.717, 1.165) is 18.8 Å². The van der Waals surface area contributed by atoms with Crippen LogP contribution in [-0.4, -0.2) is 34.6 Å². The second-order valence-electron chi connectivity index (χ2n) is 5.98. The number of nitrogens with one attached hydrogen (secondary N) is 1. The lowest BCUT2D eigenvalue weighted by molar-refractivity contribution is 0.0600. The van der Waals surface area contributed by atoms with Crippen LogP contribution in [0.5, 0.6) is 0 Å². The summed E-state index contributed by atoms with van der Waals surface area (Å²) in [5, 5.41) is 0.130. The Balaban J connectivity index is 1.81. The molecule has 0 saturated carbocycles. The molecule has 0 bridgehead atoms. The lowest BCUT2D eigenvalue weighted by Crippen LogP contribution is -2.17. The summed E-state index contributed by atoms with van der Waals surface area (Å²) in [6.45, 7) is 2.04. The molecule has 0 unspecified atom stereocenters. The molecular weight excluding hydrogens is 376 g/mol. The number of esters is 1. The zero-order valence-corrected chi connectivity index (χ0v) is 15.8. The number of halogens is 1. The Kier molecular flexibility index (Phi) is 5.38. The fourth-order valence-corrected chi connectivity index (χ4v) is 4.15. The Labute approximate surface area is 157 Å². The van der Waals surface area contributed by atoms with E-state index in [0.29, 0.717) is 5.69 Å². The first kappa shape index (κ1) is 18.5. The molecule has 1 saturated heterocycles. The van der Waals surface area contributed by atoms with Crippen molar-refractivity contribution in [2.45, 2.75) is 17.7 Å². The minimum Gasteiger partial charge on any atom is -0.465 e. The highest BCUT2D eigenvalue weighted by Crippen LogP contribution is 2.25. The quantitative estimate of drug-likeness (QED) is 0.785. The van der Waals surface area contributed by atoms with Crippen molar-refractivity contribution in [3.8, 4) is 0 Å². The Morgan fingerprint density at radius 3 is 2.38 bits per heavy atom. The van der Waals surface area contributed by atoms with Gasteiger partial charge in [-0.05, 0) is 55.3 Å². The van der Waals surface area contributed by atoms with Gasteiger partial charge < -0.3 is 9.64 Å². The minimum absolute atomic E-state index is 0.00132. The molecule has 3 rings (SSSR count). The third kappa shape index (κ3) is 3.94. The van der Waals surface area contributed by atoms with Gasteiger partial charge in [-0.15, -0.1) is 0 Å². The normalized spacial score (nSPS) is 14.3. The first-order valence-electron chi connectivity index (χ1n) is 8.16. The molecule has 2 aromatic carbocycles. The summed E-state index contributed by atoms with van der Waals surface area (Å²) in [5.41, 5.74) is 1.52. The van der Waals surface area contributed by atoms with Gasteiger partial charge in [-0.1, -0.05) is 11.6 Å². The Morgan fingerprint density at radius 1 is 1.12 bits per heavy atom. The summed E-state index contributed by atoms with van der Waals surface area (Å²) in [7, 11) is -2.65. The highest BCUT2D eigenvalue weighted by molar-refractivity contribution is 7.92. The molecule has 0 atom stereocenters. The molecule has 2 aromatic rings. The van der Waals surface area contributed by atoms with Crippen molar-refractivity contribution in [3.63, 3.8) is 0 Å². The van der Waals surface area contributed by atoms with Crippen LogP contribution in [0.25, 0.3) is 0 Å². The summed E-state index contributed by atoms with van der Waals surface area (Å²) >= 11 is 5.94. The number of methoxy groups -OCH3 is 1. The van der Waals surface area contributed by atoms with Crippen LogP contribution in [0, 0.1) is 0 Å². The third-order valence-corrected chi connectivity index (χ3v) is 5.95. The predicted octanol–water partition coefficient (Wildman–Crippen LogP) is 3.53. The van der Waals surface area contributed by atoms with Crippen molar-refractivity contribution in [2.24, 2.45) is 0 Å². The monoisotopic (exact) mass is 394 g/mol. The molecular formula is C18H19ClN2O4S. The third-order valence-electron chi connectivity index (χ3n) is 4.24. The number of ether oxygens (including phenoxy) is 1. The van der Waals surface area contributed by atoms with Gasteiger partial charge in [0.15, 0.2) is 0 Å². The number of sulfonamides is 1. The van der Waals surface area contributed by atoms with Gasteiger partial charge in [0, 0.05) is 24.5 Å². The highest BCUT2D eigenvalue weighted by Gasteiger charge is 2.19. The summed E-state index contributed by atoms with van der Waals surface area (Å²) in [4.78, 5) is 13.9. The number of hydrogen-bond acceptors (Lipinski definition) is 5. The van der Waals surface area contributed by atoms with E-state index in [9.17, 15) is 13.2 Å². The van der Waals surface area contributed by atoms with Crippen molar-refractivity contribution in [3.05, 3.63) is 53.1 Å². The van der Waals surface area contributed by atoms with Crippen molar-refractivity contribution >= 4 is 39.0 Å². The fourth-order valence-electron chi connectivity index (χ4n) is 2.87. The van der Waals surface area contributed by atoms with Gasteiger partial charge in [-0.2, -0.15) is 0 Å². The molecule has 0 amide bonds. The van der Waals surface area contributed by atoms with E-state index < -0.39 is 16.0 Å². The van der Waals surface area contributed by atoms with Gasteiger partial charge in [-0.3, -0.25) is 4.72 Å². The number of nitrogens with zero attached hydrogens (tertiary/aromatic N) is 1. The van der Waals surface area contributed by atoms with Crippen molar-refractivity contribution < 1.29 is 17.9 Å². The molecule has 6 nitrogen and oxygen atoms in total. The van der Waals surface area contributed by atoms with Crippen LogP contribution in [0.2, 0.25) is 5.02 Å². The molecule has 1 fully saturated rings. The second kappa shape index (κ2) is 7.55. The number of benzene rings is 2.